The highest BCUT2D eigenvalue weighted by atomic mass is 16.7. The lowest BCUT2D eigenvalue weighted by molar-refractivity contribution is -0.260. The molecule has 2 aliphatic heterocycles. The minimum absolute atomic E-state index is 0.174. The van der Waals surface area contributed by atoms with Gasteiger partial charge in [-0.3, -0.25) is 5.41 Å². The Morgan fingerprint density at radius 2 is 1.89 bits per heavy atom. The molecule has 19 heavy (non-hydrogen) atoms. The molecular formula is C13H12N4O2. The van der Waals surface area contributed by atoms with Crippen molar-refractivity contribution in [3.8, 4) is 18.2 Å². The van der Waals surface area contributed by atoms with Crippen LogP contribution in [0.1, 0.15) is 25.7 Å². The monoisotopic (exact) mass is 256 g/mol. The summed E-state index contributed by atoms with van der Waals surface area (Å²) >= 11 is 0. The minimum Gasteiger partial charge on any atom is -0.447 e. The van der Waals surface area contributed by atoms with Crippen molar-refractivity contribution in [1.29, 1.82) is 21.2 Å². The lowest BCUT2D eigenvalue weighted by Crippen LogP contribution is -2.59. The topological polar surface area (TPSA) is 114 Å². The third-order valence-electron chi connectivity index (χ3n) is 4.72. The van der Waals surface area contributed by atoms with Gasteiger partial charge in [-0.2, -0.15) is 15.8 Å². The van der Waals surface area contributed by atoms with Gasteiger partial charge >= 0.3 is 0 Å². The molecule has 2 saturated heterocycles. The van der Waals surface area contributed by atoms with Gasteiger partial charge in [0, 0.05) is 6.42 Å². The molecule has 3 aliphatic rings. The van der Waals surface area contributed by atoms with Crippen LogP contribution < -0.4 is 0 Å². The molecule has 0 unspecified atom stereocenters. The van der Waals surface area contributed by atoms with E-state index in [0.29, 0.717) is 12.8 Å². The van der Waals surface area contributed by atoms with Crippen molar-refractivity contribution in [3.05, 3.63) is 0 Å². The predicted octanol–water partition coefficient (Wildman–Crippen LogP) is 1.45. The molecule has 6 nitrogen and oxygen atoms in total. The molecule has 3 atom stereocenters. The molecule has 0 aromatic carbocycles. The van der Waals surface area contributed by atoms with Crippen LogP contribution >= 0.6 is 0 Å². The Morgan fingerprint density at radius 1 is 1.16 bits per heavy atom. The SMILES string of the molecule is N#CC1(C#N)CO[C@@]23CCCC[C@H]2[C@@]1(C#N)C(=N)O3. The van der Waals surface area contributed by atoms with E-state index < -0.39 is 22.5 Å². The first-order valence-electron chi connectivity index (χ1n) is 6.26. The summed E-state index contributed by atoms with van der Waals surface area (Å²) in [6, 6.07) is 5.91. The van der Waals surface area contributed by atoms with Gasteiger partial charge in [-0.1, -0.05) is 6.42 Å². The van der Waals surface area contributed by atoms with Crippen LogP contribution in [0.4, 0.5) is 0 Å². The lowest BCUT2D eigenvalue weighted by Gasteiger charge is -2.47. The van der Waals surface area contributed by atoms with Crippen molar-refractivity contribution in [2.24, 2.45) is 16.7 Å². The number of ether oxygens (including phenoxy) is 2. The van der Waals surface area contributed by atoms with E-state index in [0.717, 1.165) is 12.8 Å². The number of nitrogens with one attached hydrogen (secondary N) is 1. The molecule has 3 rings (SSSR count). The summed E-state index contributed by atoms with van der Waals surface area (Å²) in [6.45, 7) is -0.174. The van der Waals surface area contributed by atoms with Crippen LogP contribution in [0.3, 0.4) is 0 Å². The van der Waals surface area contributed by atoms with Crippen LogP contribution in [0.25, 0.3) is 0 Å². The number of nitrogens with zero attached hydrogens (tertiary/aromatic N) is 3. The summed E-state index contributed by atoms with van der Waals surface area (Å²) in [5.74, 6) is -1.65. The fourth-order valence-corrected chi connectivity index (χ4v) is 3.72. The van der Waals surface area contributed by atoms with Gasteiger partial charge in [0.15, 0.2) is 10.8 Å². The van der Waals surface area contributed by atoms with Gasteiger partial charge < -0.3 is 9.47 Å². The number of nitriles is 3. The standard InChI is InChI=1S/C13H12N4O2/c14-5-11(6-15)8-18-13-4-2-1-3-9(13)12(11,7-16)10(17)19-13/h9,17H,1-4,8H2/t9-,12-,13+/m0/s1. The van der Waals surface area contributed by atoms with Crippen molar-refractivity contribution in [2.45, 2.75) is 31.5 Å². The van der Waals surface area contributed by atoms with Gasteiger partial charge in [0.25, 0.3) is 0 Å². The molecule has 96 valence electrons. The zero-order chi connectivity index (χ0) is 13.7. The molecule has 0 radical (unpaired) electrons. The Labute approximate surface area is 110 Å². The van der Waals surface area contributed by atoms with Crippen LogP contribution in [0.15, 0.2) is 0 Å². The summed E-state index contributed by atoms with van der Waals surface area (Å²) in [5.41, 5.74) is -3.14. The Hall–Kier alpha value is -2.10. The summed E-state index contributed by atoms with van der Waals surface area (Å²) in [7, 11) is 0. The largest absolute Gasteiger partial charge is 0.447 e. The van der Waals surface area contributed by atoms with Gasteiger partial charge in [-0.15, -0.1) is 0 Å². The first-order valence-corrected chi connectivity index (χ1v) is 6.26. The molecule has 2 heterocycles. The third kappa shape index (κ3) is 1.06. The van der Waals surface area contributed by atoms with E-state index in [9.17, 15) is 15.8 Å². The highest BCUT2D eigenvalue weighted by molar-refractivity contribution is 5.89. The lowest BCUT2D eigenvalue weighted by atomic mass is 9.54. The van der Waals surface area contributed by atoms with E-state index in [1.165, 1.54) is 0 Å². The fourth-order valence-electron chi connectivity index (χ4n) is 3.72. The molecule has 6 heteroatoms. The molecule has 1 N–H and O–H groups in total. The Kier molecular flexibility index (Phi) is 2.18. The first kappa shape index (κ1) is 12.0. The van der Waals surface area contributed by atoms with Crippen LogP contribution in [-0.2, 0) is 9.47 Å². The van der Waals surface area contributed by atoms with Crippen molar-refractivity contribution >= 4 is 5.90 Å². The van der Waals surface area contributed by atoms with Gasteiger partial charge in [0.2, 0.25) is 11.7 Å². The van der Waals surface area contributed by atoms with Crippen molar-refractivity contribution in [1.82, 2.24) is 0 Å². The van der Waals surface area contributed by atoms with E-state index in [1.807, 2.05) is 12.1 Å². The zero-order valence-corrected chi connectivity index (χ0v) is 10.3. The Bertz CT molecular complexity index is 567. The molecule has 0 aromatic heterocycles. The van der Waals surface area contributed by atoms with Crippen LogP contribution in [0.5, 0.6) is 0 Å². The normalized spacial score (nSPS) is 42.2. The second-order valence-electron chi connectivity index (χ2n) is 5.38. The maximum absolute atomic E-state index is 9.64. The second-order valence-corrected chi connectivity index (χ2v) is 5.38. The highest BCUT2D eigenvalue weighted by Gasteiger charge is 2.77. The van der Waals surface area contributed by atoms with Gasteiger partial charge in [0.1, 0.15) is 0 Å². The maximum Gasteiger partial charge on any atom is 0.217 e. The molecular weight excluding hydrogens is 244 g/mol. The average molecular weight is 256 g/mol. The minimum atomic E-state index is -1.65. The zero-order valence-electron chi connectivity index (χ0n) is 10.3. The Balaban J connectivity index is 2.25. The second kappa shape index (κ2) is 3.47. The van der Waals surface area contributed by atoms with Crippen LogP contribution in [0.2, 0.25) is 0 Å². The average Bonchev–Trinajstić information content (AvgIpc) is 2.65. The van der Waals surface area contributed by atoms with E-state index in [4.69, 9.17) is 14.9 Å². The Morgan fingerprint density at radius 3 is 2.53 bits per heavy atom. The summed E-state index contributed by atoms with van der Waals surface area (Å²) in [5, 5.41) is 36.5. The van der Waals surface area contributed by atoms with Crippen molar-refractivity contribution in [2.75, 3.05) is 6.61 Å². The number of rotatable bonds is 0. The van der Waals surface area contributed by atoms with Gasteiger partial charge in [-0.05, 0) is 12.8 Å². The summed E-state index contributed by atoms with van der Waals surface area (Å²) < 4.78 is 11.3. The molecule has 2 bridgehead atoms. The van der Waals surface area contributed by atoms with E-state index in [-0.39, 0.29) is 12.5 Å². The van der Waals surface area contributed by atoms with E-state index in [1.54, 1.807) is 0 Å². The smallest absolute Gasteiger partial charge is 0.217 e. The molecule has 0 spiro atoms. The fraction of sp³-hybridized carbons (Fsp3) is 0.692. The summed E-state index contributed by atoms with van der Waals surface area (Å²) in [6.07, 6.45) is 3.04. The molecule has 0 amide bonds. The highest BCUT2D eigenvalue weighted by Crippen LogP contribution is 2.64. The van der Waals surface area contributed by atoms with Crippen molar-refractivity contribution in [3.63, 3.8) is 0 Å². The van der Waals surface area contributed by atoms with Gasteiger partial charge in [0.05, 0.1) is 30.7 Å². The maximum atomic E-state index is 9.64. The molecule has 1 aliphatic carbocycles. The first-order chi connectivity index (χ1) is 9.11. The number of hydrogen-bond acceptors (Lipinski definition) is 6. The molecule has 3 fully saturated rings. The van der Waals surface area contributed by atoms with E-state index >= 15 is 0 Å². The van der Waals surface area contributed by atoms with Crippen LogP contribution in [0, 0.1) is 56.2 Å². The summed E-state index contributed by atoms with van der Waals surface area (Å²) in [4.78, 5) is 0. The van der Waals surface area contributed by atoms with Crippen molar-refractivity contribution < 1.29 is 9.47 Å². The van der Waals surface area contributed by atoms with Crippen LogP contribution in [-0.4, -0.2) is 18.3 Å². The van der Waals surface area contributed by atoms with E-state index in [2.05, 4.69) is 6.07 Å². The quantitative estimate of drug-likeness (QED) is 0.704. The number of hydrogen-bond donors (Lipinski definition) is 1. The van der Waals surface area contributed by atoms with Gasteiger partial charge in [-0.25, -0.2) is 0 Å². The molecule has 0 aromatic rings. The molecule has 1 saturated carbocycles. The predicted molar refractivity (Wildman–Crippen MR) is 61.2 cm³/mol. The third-order valence-corrected chi connectivity index (χ3v) is 4.72.